The summed E-state index contributed by atoms with van der Waals surface area (Å²) in [6, 6.07) is 12.8. The molecule has 1 heterocycles. The van der Waals surface area contributed by atoms with Crippen molar-refractivity contribution < 1.29 is 19.0 Å². The summed E-state index contributed by atoms with van der Waals surface area (Å²) in [4.78, 5) is 13.6. The first-order valence-corrected chi connectivity index (χ1v) is 7.85. The number of benzene rings is 2. The van der Waals surface area contributed by atoms with Crippen LogP contribution in [0.2, 0.25) is 0 Å². The van der Waals surface area contributed by atoms with Gasteiger partial charge < -0.3 is 15.2 Å². The zero-order chi connectivity index (χ0) is 18.5. The Kier molecular flexibility index (Phi) is 5.23. The first-order chi connectivity index (χ1) is 12.6. The van der Waals surface area contributed by atoms with Gasteiger partial charge in [-0.15, -0.1) is 10.2 Å². The van der Waals surface area contributed by atoms with Crippen molar-refractivity contribution in [3.05, 3.63) is 71.3 Å². The molecule has 0 saturated carbocycles. The topological polar surface area (TPSA) is 89.3 Å². The van der Waals surface area contributed by atoms with Crippen LogP contribution in [0.5, 0.6) is 5.75 Å². The van der Waals surface area contributed by atoms with Crippen molar-refractivity contribution >= 4 is 5.91 Å². The molecule has 26 heavy (non-hydrogen) atoms. The highest BCUT2D eigenvalue weighted by molar-refractivity contribution is 5.93. The lowest BCUT2D eigenvalue weighted by molar-refractivity contribution is 0.0942. The number of carbonyl (C=O) groups excluding carboxylic acids is 1. The van der Waals surface area contributed by atoms with Gasteiger partial charge >= 0.3 is 0 Å². The summed E-state index contributed by atoms with van der Waals surface area (Å²) in [5, 5.41) is 20.4. The fourth-order valence-corrected chi connectivity index (χ4v) is 2.32. The van der Waals surface area contributed by atoms with Crippen LogP contribution in [0.4, 0.5) is 4.39 Å². The van der Waals surface area contributed by atoms with Gasteiger partial charge in [0.25, 0.3) is 5.91 Å². The average Bonchev–Trinajstić information content (AvgIpc) is 3.11. The largest absolute Gasteiger partial charge is 0.497 e. The van der Waals surface area contributed by atoms with E-state index in [0.717, 1.165) is 11.3 Å². The minimum atomic E-state index is -0.460. The van der Waals surface area contributed by atoms with Crippen molar-refractivity contribution in [2.24, 2.45) is 0 Å². The molecule has 1 aromatic heterocycles. The summed E-state index contributed by atoms with van der Waals surface area (Å²) >= 11 is 0. The molecule has 0 bridgehead atoms. The Bertz CT molecular complexity index is 892. The molecule has 0 aliphatic carbocycles. The van der Waals surface area contributed by atoms with Crippen LogP contribution in [0, 0.1) is 5.82 Å². The number of nitrogens with zero attached hydrogens (tertiary/aromatic N) is 3. The number of methoxy groups -OCH3 is 1. The minimum Gasteiger partial charge on any atom is -0.497 e. The van der Waals surface area contributed by atoms with Gasteiger partial charge in [0.15, 0.2) is 5.69 Å². The van der Waals surface area contributed by atoms with Crippen molar-refractivity contribution in [2.45, 2.75) is 13.2 Å². The lowest BCUT2D eigenvalue weighted by Crippen LogP contribution is -2.24. The zero-order valence-corrected chi connectivity index (χ0v) is 14.0. The van der Waals surface area contributed by atoms with Crippen molar-refractivity contribution in [2.75, 3.05) is 7.11 Å². The Morgan fingerprint density at radius 3 is 2.46 bits per heavy atom. The third kappa shape index (κ3) is 3.86. The standard InChI is InChI=1S/C18H17FN4O3/c1-26-15-8-2-12(3-9-15)10-20-18(25)17-16(11-24)21-23(22-17)14-6-4-13(19)5-7-14/h2-9,24H,10-11H2,1H3,(H,20,25). The lowest BCUT2D eigenvalue weighted by Gasteiger charge is -2.05. The van der Waals surface area contributed by atoms with Gasteiger partial charge in [-0.25, -0.2) is 4.39 Å². The van der Waals surface area contributed by atoms with Crippen LogP contribution in [0.25, 0.3) is 5.69 Å². The fourth-order valence-electron chi connectivity index (χ4n) is 2.32. The maximum atomic E-state index is 13.0. The Balaban J connectivity index is 1.74. The number of halogens is 1. The van der Waals surface area contributed by atoms with Crippen molar-refractivity contribution in [1.82, 2.24) is 20.3 Å². The third-order valence-electron chi connectivity index (χ3n) is 3.72. The molecule has 2 N–H and O–H groups in total. The molecule has 0 radical (unpaired) electrons. The van der Waals surface area contributed by atoms with Crippen molar-refractivity contribution in [1.29, 1.82) is 0 Å². The van der Waals surface area contributed by atoms with E-state index in [0.29, 0.717) is 5.69 Å². The molecule has 3 aromatic rings. The fraction of sp³-hybridized carbons (Fsp3) is 0.167. The maximum absolute atomic E-state index is 13.0. The average molecular weight is 356 g/mol. The number of aromatic nitrogens is 3. The molecule has 0 fully saturated rings. The molecule has 0 aliphatic heterocycles. The van der Waals surface area contributed by atoms with E-state index in [1.54, 1.807) is 19.2 Å². The van der Waals surface area contributed by atoms with E-state index in [9.17, 15) is 14.3 Å². The number of rotatable bonds is 6. The highest BCUT2D eigenvalue weighted by atomic mass is 19.1. The van der Waals surface area contributed by atoms with Crippen LogP contribution in [0.15, 0.2) is 48.5 Å². The molecule has 0 saturated heterocycles. The molecule has 0 aliphatic rings. The molecule has 0 spiro atoms. The zero-order valence-electron chi connectivity index (χ0n) is 14.0. The summed E-state index contributed by atoms with van der Waals surface area (Å²) in [5.41, 5.74) is 1.53. The normalized spacial score (nSPS) is 10.6. The second kappa shape index (κ2) is 7.75. The monoisotopic (exact) mass is 356 g/mol. The number of carbonyl (C=O) groups is 1. The molecular weight excluding hydrogens is 339 g/mol. The number of ether oxygens (including phenoxy) is 1. The van der Waals surface area contributed by atoms with E-state index in [2.05, 4.69) is 15.5 Å². The summed E-state index contributed by atoms with van der Waals surface area (Å²) in [7, 11) is 1.58. The summed E-state index contributed by atoms with van der Waals surface area (Å²) < 4.78 is 18.1. The number of nitrogens with one attached hydrogen (secondary N) is 1. The first-order valence-electron chi connectivity index (χ1n) is 7.85. The SMILES string of the molecule is COc1ccc(CNC(=O)c2nn(-c3ccc(F)cc3)nc2CO)cc1. The van der Waals surface area contributed by atoms with Crippen LogP contribution >= 0.6 is 0 Å². The van der Waals surface area contributed by atoms with Crippen LogP contribution in [-0.4, -0.2) is 33.1 Å². The summed E-state index contributed by atoms with van der Waals surface area (Å²) in [6.45, 7) is -0.149. The summed E-state index contributed by atoms with van der Waals surface area (Å²) in [6.07, 6.45) is 0. The van der Waals surface area contributed by atoms with Gasteiger partial charge in [0.05, 0.1) is 19.4 Å². The molecule has 8 heteroatoms. The van der Waals surface area contributed by atoms with Crippen molar-refractivity contribution in [3.63, 3.8) is 0 Å². The van der Waals surface area contributed by atoms with Gasteiger partial charge in [-0.1, -0.05) is 12.1 Å². The molecule has 1 amide bonds. The smallest absolute Gasteiger partial charge is 0.274 e. The van der Waals surface area contributed by atoms with Gasteiger partial charge in [0.2, 0.25) is 0 Å². The highest BCUT2D eigenvalue weighted by Crippen LogP contribution is 2.13. The third-order valence-corrected chi connectivity index (χ3v) is 3.72. The van der Waals surface area contributed by atoms with E-state index in [4.69, 9.17) is 4.74 Å². The lowest BCUT2D eigenvalue weighted by atomic mass is 10.2. The number of hydrogen-bond acceptors (Lipinski definition) is 5. The Morgan fingerprint density at radius 1 is 1.15 bits per heavy atom. The molecule has 2 aromatic carbocycles. The van der Waals surface area contributed by atoms with Crippen LogP contribution < -0.4 is 10.1 Å². The minimum absolute atomic E-state index is 0.0188. The predicted molar refractivity (Wildman–Crippen MR) is 91.4 cm³/mol. The van der Waals surface area contributed by atoms with E-state index in [1.807, 2.05) is 12.1 Å². The maximum Gasteiger partial charge on any atom is 0.274 e. The molecule has 134 valence electrons. The second-order valence-corrected chi connectivity index (χ2v) is 5.45. The van der Waals surface area contributed by atoms with Gasteiger partial charge in [-0.05, 0) is 42.0 Å². The van der Waals surface area contributed by atoms with Gasteiger partial charge in [-0.3, -0.25) is 4.79 Å². The molecule has 0 unspecified atom stereocenters. The van der Waals surface area contributed by atoms with Gasteiger partial charge in [0.1, 0.15) is 17.3 Å². The summed E-state index contributed by atoms with van der Waals surface area (Å²) in [5.74, 6) is -0.121. The molecule has 3 rings (SSSR count). The Morgan fingerprint density at radius 2 is 1.85 bits per heavy atom. The van der Waals surface area contributed by atoms with Gasteiger partial charge in [0, 0.05) is 6.54 Å². The van der Waals surface area contributed by atoms with Gasteiger partial charge in [-0.2, -0.15) is 4.80 Å². The van der Waals surface area contributed by atoms with Crippen LogP contribution in [0.3, 0.4) is 0 Å². The van der Waals surface area contributed by atoms with Crippen LogP contribution in [-0.2, 0) is 13.2 Å². The molecular formula is C18H17FN4O3. The number of hydrogen-bond donors (Lipinski definition) is 2. The number of aliphatic hydroxyl groups is 1. The Hall–Kier alpha value is -3.26. The van der Waals surface area contributed by atoms with E-state index in [1.165, 1.54) is 29.1 Å². The number of amides is 1. The van der Waals surface area contributed by atoms with E-state index < -0.39 is 12.5 Å². The molecule has 0 atom stereocenters. The van der Waals surface area contributed by atoms with E-state index >= 15 is 0 Å². The van der Waals surface area contributed by atoms with Crippen LogP contribution in [0.1, 0.15) is 21.7 Å². The first kappa shape index (κ1) is 17.6. The highest BCUT2D eigenvalue weighted by Gasteiger charge is 2.18. The second-order valence-electron chi connectivity index (χ2n) is 5.45. The molecule has 7 nitrogen and oxygen atoms in total. The Labute approximate surface area is 149 Å². The van der Waals surface area contributed by atoms with E-state index in [-0.39, 0.29) is 23.7 Å². The number of aliphatic hydroxyl groups excluding tert-OH is 1. The predicted octanol–water partition coefficient (Wildman–Crippen LogP) is 1.84. The quantitative estimate of drug-likeness (QED) is 0.703. The van der Waals surface area contributed by atoms with Crippen molar-refractivity contribution in [3.8, 4) is 11.4 Å².